The molecule has 0 saturated carbocycles. The van der Waals surface area contributed by atoms with Crippen molar-refractivity contribution in [3.63, 3.8) is 0 Å². The Kier molecular flexibility index (Phi) is 4.29. The number of nitrogens with zero attached hydrogens (tertiary/aromatic N) is 2. The van der Waals surface area contributed by atoms with Crippen molar-refractivity contribution in [2.75, 3.05) is 18.4 Å². The highest BCUT2D eigenvalue weighted by atomic mass is 35.5. The van der Waals surface area contributed by atoms with Crippen LogP contribution < -0.4 is 5.32 Å². The Bertz CT molecular complexity index is 696. The first-order valence-electron chi connectivity index (χ1n) is 7.41. The van der Waals surface area contributed by atoms with E-state index >= 15 is 0 Å². The van der Waals surface area contributed by atoms with Crippen LogP contribution in [-0.2, 0) is 0 Å². The molecule has 4 nitrogen and oxygen atoms in total. The average molecular weight is 316 g/mol. The molecule has 114 valence electrons. The van der Waals surface area contributed by atoms with Crippen LogP contribution in [-0.4, -0.2) is 28.9 Å². The van der Waals surface area contributed by atoms with Crippen molar-refractivity contribution in [3.8, 4) is 0 Å². The third-order valence-electron chi connectivity index (χ3n) is 3.86. The minimum absolute atomic E-state index is 0.0523. The number of halogens is 1. The van der Waals surface area contributed by atoms with E-state index in [1.54, 1.807) is 12.4 Å². The van der Waals surface area contributed by atoms with E-state index < -0.39 is 0 Å². The fourth-order valence-corrected chi connectivity index (χ4v) is 2.78. The Morgan fingerprint density at radius 2 is 2.00 bits per heavy atom. The normalized spacial score (nSPS) is 14.2. The summed E-state index contributed by atoms with van der Waals surface area (Å²) in [6.45, 7) is 3.68. The number of likely N-dealkylation sites (tertiary alicyclic amines) is 1. The number of aromatic nitrogens is 1. The second-order valence-electron chi connectivity index (χ2n) is 5.55. The van der Waals surface area contributed by atoms with Crippen molar-refractivity contribution in [3.05, 3.63) is 52.8 Å². The lowest BCUT2D eigenvalue weighted by Crippen LogP contribution is -2.27. The Balaban J connectivity index is 1.81. The average Bonchev–Trinajstić information content (AvgIpc) is 3.05. The molecule has 1 fully saturated rings. The molecule has 0 bridgehead atoms. The van der Waals surface area contributed by atoms with Crippen molar-refractivity contribution in [2.24, 2.45) is 0 Å². The van der Waals surface area contributed by atoms with E-state index in [4.69, 9.17) is 11.6 Å². The third kappa shape index (κ3) is 3.22. The zero-order chi connectivity index (χ0) is 15.5. The van der Waals surface area contributed by atoms with E-state index in [-0.39, 0.29) is 5.91 Å². The molecule has 1 aromatic carbocycles. The summed E-state index contributed by atoms with van der Waals surface area (Å²) < 4.78 is 0. The lowest BCUT2D eigenvalue weighted by molar-refractivity contribution is 0.0792. The van der Waals surface area contributed by atoms with Crippen LogP contribution in [0.1, 0.15) is 28.8 Å². The fourth-order valence-electron chi connectivity index (χ4n) is 2.61. The first-order chi connectivity index (χ1) is 10.6. The standard InChI is InChI=1S/C17H18ClN3O/c1-12-4-5-14(18)9-16(12)20-15-8-13(10-19-11-15)17(22)21-6-2-3-7-21/h4-5,8-11,20H,2-3,6-7H2,1H3. The molecule has 1 amide bonds. The molecule has 22 heavy (non-hydrogen) atoms. The van der Waals surface area contributed by atoms with Crippen LogP contribution in [0.4, 0.5) is 11.4 Å². The van der Waals surface area contributed by atoms with E-state index in [1.807, 2.05) is 36.1 Å². The summed E-state index contributed by atoms with van der Waals surface area (Å²) in [7, 11) is 0. The van der Waals surface area contributed by atoms with Crippen LogP contribution in [0.15, 0.2) is 36.7 Å². The quantitative estimate of drug-likeness (QED) is 0.930. The largest absolute Gasteiger partial charge is 0.354 e. The molecule has 0 atom stereocenters. The van der Waals surface area contributed by atoms with Gasteiger partial charge in [-0.3, -0.25) is 9.78 Å². The highest BCUT2D eigenvalue weighted by Crippen LogP contribution is 2.24. The monoisotopic (exact) mass is 315 g/mol. The molecule has 2 aromatic rings. The Morgan fingerprint density at radius 1 is 1.23 bits per heavy atom. The van der Waals surface area contributed by atoms with E-state index in [2.05, 4.69) is 10.3 Å². The molecule has 1 saturated heterocycles. The van der Waals surface area contributed by atoms with Crippen LogP contribution in [0.25, 0.3) is 0 Å². The third-order valence-corrected chi connectivity index (χ3v) is 4.09. The summed E-state index contributed by atoms with van der Waals surface area (Å²) in [5.74, 6) is 0.0523. The van der Waals surface area contributed by atoms with Gasteiger partial charge in [-0.25, -0.2) is 0 Å². The van der Waals surface area contributed by atoms with Gasteiger partial charge in [0, 0.05) is 30.0 Å². The summed E-state index contributed by atoms with van der Waals surface area (Å²) in [6.07, 6.45) is 5.50. The molecular formula is C17H18ClN3O. The van der Waals surface area contributed by atoms with Crippen LogP contribution in [0.3, 0.4) is 0 Å². The topological polar surface area (TPSA) is 45.2 Å². The van der Waals surface area contributed by atoms with Crippen molar-refractivity contribution >= 4 is 28.9 Å². The van der Waals surface area contributed by atoms with Gasteiger partial charge in [0.25, 0.3) is 5.91 Å². The number of anilines is 2. The van der Waals surface area contributed by atoms with E-state index in [0.29, 0.717) is 10.6 Å². The SMILES string of the molecule is Cc1ccc(Cl)cc1Nc1cncc(C(=O)N2CCCC2)c1. The summed E-state index contributed by atoms with van der Waals surface area (Å²) in [6, 6.07) is 7.52. The van der Waals surface area contributed by atoms with Gasteiger partial charge < -0.3 is 10.2 Å². The minimum Gasteiger partial charge on any atom is -0.354 e. The highest BCUT2D eigenvalue weighted by Gasteiger charge is 2.19. The number of hydrogen-bond donors (Lipinski definition) is 1. The van der Waals surface area contributed by atoms with Gasteiger partial charge in [-0.2, -0.15) is 0 Å². The Hall–Kier alpha value is -2.07. The summed E-state index contributed by atoms with van der Waals surface area (Å²) >= 11 is 6.03. The fraction of sp³-hybridized carbons (Fsp3) is 0.294. The molecule has 3 rings (SSSR count). The number of carbonyl (C=O) groups is 1. The van der Waals surface area contributed by atoms with E-state index in [1.165, 1.54) is 0 Å². The van der Waals surface area contributed by atoms with Gasteiger partial charge in [0.1, 0.15) is 0 Å². The van der Waals surface area contributed by atoms with Crippen LogP contribution in [0.5, 0.6) is 0 Å². The zero-order valence-corrected chi connectivity index (χ0v) is 13.2. The second kappa shape index (κ2) is 6.36. The number of pyridine rings is 1. The van der Waals surface area contributed by atoms with Crippen molar-refractivity contribution in [1.29, 1.82) is 0 Å². The Morgan fingerprint density at radius 3 is 2.77 bits per heavy atom. The Labute approximate surface area is 135 Å². The van der Waals surface area contributed by atoms with E-state index in [9.17, 15) is 4.79 Å². The molecule has 1 N–H and O–H groups in total. The smallest absolute Gasteiger partial charge is 0.255 e. The summed E-state index contributed by atoms with van der Waals surface area (Å²) in [5, 5.41) is 3.95. The summed E-state index contributed by atoms with van der Waals surface area (Å²) in [4.78, 5) is 18.5. The van der Waals surface area contributed by atoms with Crippen molar-refractivity contribution in [1.82, 2.24) is 9.88 Å². The maximum absolute atomic E-state index is 12.4. The lowest BCUT2D eigenvalue weighted by Gasteiger charge is -2.16. The molecule has 0 aliphatic carbocycles. The number of hydrogen-bond acceptors (Lipinski definition) is 3. The molecule has 1 aromatic heterocycles. The first-order valence-corrected chi connectivity index (χ1v) is 7.79. The van der Waals surface area contributed by atoms with Gasteiger partial charge in [0.05, 0.1) is 17.4 Å². The first kappa shape index (κ1) is 14.9. The molecule has 0 radical (unpaired) electrons. The maximum atomic E-state index is 12.4. The predicted octanol–water partition coefficient (Wildman–Crippen LogP) is 4.02. The number of nitrogens with one attached hydrogen (secondary N) is 1. The molecule has 0 spiro atoms. The number of rotatable bonds is 3. The van der Waals surface area contributed by atoms with Crippen LogP contribution in [0, 0.1) is 6.92 Å². The molecule has 1 aliphatic heterocycles. The molecule has 2 heterocycles. The van der Waals surface area contributed by atoms with Gasteiger partial charge in [-0.05, 0) is 43.5 Å². The maximum Gasteiger partial charge on any atom is 0.255 e. The van der Waals surface area contributed by atoms with E-state index in [0.717, 1.165) is 42.9 Å². The number of carbonyl (C=O) groups excluding carboxylic acids is 1. The van der Waals surface area contributed by atoms with Gasteiger partial charge in [-0.1, -0.05) is 17.7 Å². The van der Waals surface area contributed by atoms with Crippen LogP contribution >= 0.6 is 11.6 Å². The van der Waals surface area contributed by atoms with Crippen molar-refractivity contribution in [2.45, 2.75) is 19.8 Å². The van der Waals surface area contributed by atoms with Gasteiger partial charge in [0.2, 0.25) is 0 Å². The zero-order valence-electron chi connectivity index (χ0n) is 12.5. The molecule has 1 aliphatic rings. The highest BCUT2D eigenvalue weighted by molar-refractivity contribution is 6.30. The lowest BCUT2D eigenvalue weighted by atomic mass is 10.2. The predicted molar refractivity (Wildman–Crippen MR) is 88.8 cm³/mol. The summed E-state index contributed by atoms with van der Waals surface area (Å²) in [5.41, 5.74) is 3.41. The number of aryl methyl sites for hydroxylation is 1. The number of amides is 1. The number of benzene rings is 1. The minimum atomic E-state index is 0.0523. The molecule has 0 unspecified atom stereocenters. The molecule has 5 heteroatoms. The van der Waals surface area contributed by atoms with Crippen LogP contribution in [0.2, 0.25) is 5.02 Å². The van der Waals surface area contributed by atoms with Gasteiger partial charge in [-0.15, -0.1) is 0 Å². The van der Waals surface area contributed by atoms with Gasteiger partial charge in [0.15, 0.2) is 0 Å². The van der Waals surface area contributed by atoms with Crippen molar-refractivity contribution < 1.29 is 4.79 Å². The molecular weight excluding hydrogens is 298 g/mol. The second-order valence-corrected chi connectivity index (χ2v) is 5.98. The van der Waals surface area contributed by atoms with Gasteiger partial charge >= 0.3 is 0 Å².